The standard InChI is InChI=1S/C11H17NO2S2/c1-8(2)9(13)6-12-10(14)7-16-11-4-3-5-15-11/h3-5,8-9,13H,6-7H2,1-2H3,(H,12,14). The van der Waals surface area contributed by atoms with E-state index in [0.29, 0.717) is 12.3 Å². The fourth-order valence-corrected chi connectivity index (χ4v) is 2.60. The molecule has 1 atom stereocenters. The minimum absolute atomic E-state index is 0.0295. The highest BCUT2D eigenvalue weighted by Gasteiger charge is 2.10. The van der Waals surface area contributed by atoms with Gasteiger partial charge in [0.2, 0.25) is 5.91 Å². The van der Waals surface area contributed by atoms with Crippen LogP contribution in [0.5, 0.6) is 0 Å². The summed E-state index contributed by atoms with van der Waals surface area (Å²) < 4.78 is 1.14. The third-order valence-corrected chi connectivity index (χ3v) is 4.25. The van der Waals surface area contributed by atoms with Crippen LogP contribution in [0, 0.1) is 5.92 Å². The highest BCUT2D eigenvalue weighted by atomic mass is 32.2. The fourth-order valence-electron chi connectivity index (χ4n) is 0.987. The van der Waals surface area contributed by atoms with Crippen LogP contribution in [0.25, 0.3) is 0 Å². The minimum Gasteiger partial charge on any atom is -0.391 e. The number of carbonyl (C=O) groups is 1. The van der Waals surface area contributed by atoms with E-state index in [1.165, 1.54) is 11.8 Å². The Morgan fingerprint density at radius 3 is 2.94 bits per heavy atom. The van der Waals surface area contributed by atoms with Crippen molar-refractivity contribution in [3.63, 3.8) is 0 Å². The summed E-state index contributed by atoms with van der Waals surface area (Å²) in [5, 5.41) is 14.2. The Morgan fingerprint density at radius 1 is 1.62 bits per heavy atom. The molecule has 0 bridgehead atoms. The van der Waals surface area contributed by atoms with Crippen LogP contribution in [0.3, 0.4) is 0 Å². The Hall–Kier alpha value is -0.520. The highest BCUT2D eigenvalue weighted by molar-refractivity contribution is 8.01. The Balaban J connectivity index is 2.16. The van der Waals surface area contributed by atoms with Gasteiger partial charge in [-0.05, 0) is 17.4 Å². The molecule has 5 heteroatoms. The first kappa shape index (κ1) is 13.5. The van der Waals surface area contributed by atoms with Gasteiger partial charge in [-0.3, -0.25) is 4.79 Å². The van der Waals surface area contributed by atoms with Gasteiger partial charge in [-0.25, -0.2) is 0 Å². The number of carbonyl (C=O) groups excluding carboxylic acids is 1. The average molecular weight is 259 g/mol. The van der Waals surface area contributed by atoms with Gasteiger partial charge in [0.05, 0.1) is 16.1 Å². The van der Waals surface area contributed by atoms with Gasteiger partial charge in [0.1, 0.15) is 0 Å². The summed E-state index contributed by atoms with van der Waals surface area (Å²) in [6.07, 6.45) is -0.462. The van der Waals surface area contributed by atoms with Crippen molar-refractivity contribution in [2.24, 2.45) is 5.92 Å². The number of thiophene rings is 1. The van der Waals surface area contributed by atoms with E-state index >= 15 is 0 Å². The molecule has 1 rings (SSSR count). The lowest BCUT2D eigenvalue weighted by molar-refractivity contribution is -0.119. The number of hydrogen-bond acceptors (Lipinski definition) is 4. The van der Waals surface area contributed by atoms with Crippen LogP contribution in [0.15, 0.2) is 21.7 Å². The van der Waals surface area contributed by atoms with Crippen molar-refractivity contribution < 1.29 is 9.90 Å². The molecule has 1 aromatic heterocycles. The molecule has 1 aromatic rings. The van der Waals surface area contributed by atoms with Crippen LogP contribution >= 0.6 is 23.1 Å². The van der Waals surface area contributed by atoms with Gasteiger partial charge in [0.25, 0.3) is 0 Å². The monoisotopic (exact) mass is 259 g/mol. The van der Waals surface area contributed by atoms with E-state index < -0.39 is 6.10 Å². The lowest BCUT2D eigenvalue weighted by Crippen LogP contribution is -2.35. The molecule has 1 heterocycles. The smallest absolute Gasteiger partial charge is 0.230 e. The molecule has 16 heavy (non-hydrogen) atoms. The lowest BCUT2D eigenvalue weighted by atomic mass is 10.1. The lowest BCUT2D eigenvalue weighted by Gasteiger charge is -2.14. The molecule has 0 spiro atoms. The number of nitrogens with one attached hydrogen (secondary N) is 1. The zero-order chi connectivity index (χ0) is 12.0. The van der Waals surface area contributed by atoms with E-state index in [9.17, 15) is 9.90 Å². The van der Waals surface area contributed by atoms with Crippen molar-refractivity contribution >= 4 is 29.0 Å². The molecule has 0 saturated heterocycles. The number of aliphatic hydroxyl groups excluding tert-OH is 1. The maximum absolute atomic E-state index is 11.4. The summed E-state index contributed by atoms with van der Waals surface area (Å²) >= 11 is 3.15. The van der Waals surface area contributed by atoms with E-state index in [1.54, 1.807) is 11.3 Å². The molecule has 0 saturated carbocycles. The van der Waals surface area contributed by atoms with Gasteiger partial charge in [0.15, 0.2) is 0 Å². The van der Waals surface area contributed by atoms with E-state index in [1.807, 2.05) is 31.4 Å². The number of thioether (sulfide) groups is 1. The Kier molecular flexibility index (Phi) is 5.87. The zero-order valence-electron chi connectivity index (χ0n) is 9.47. The van der Waals surface area contributed by atoms with Crippen molar-refractivity contribution in [2.45, 2.75) is 24.2 Å². The molecule has 1 unspecified atom stereocenters. The summed E-state index contributed by atoms with van der Waals surface area (Å²) in [5.74, 6) is 0.550. The minimum atomic E-state index is -0.462. The van der Waals surface area contributed by atoms with Gasteiger partial charge in [-0.1, -0.05) is 19.9 Å². The first-order chi connectivity index (χ1) is 7.59. The van der Waals surface area contributed by atoms with Crippen molar-refractivity contribution in [2.75, 3.05) is 12.3 Å². The largest absolute Gasteiger partial charge is 0.391 e. The Bertz CT molecular complexity index is 312. The van der Waals surface area contributed by atoms with Crippen LogP contribution in [0.1, 0.15) is 13.8 Å². The second-order valence-corrected chi connectivity index (χ2v) is 6.06. The van der Waals surface area contributed by atoms with Crippen molar-refractivity contribution in [3.05, 3.63) is 17.5 Å². The topological polar surface area (TPSA) is 49.3 Å². The third-order valence-electron chi connectivity index (χ3n) is 2.12. The van der Waals surface area contributed by atoms with Crippen molar-refractivity contribution in [3.8, 4) is 0 Å². The molecular weight excluding hydrogens is 242 g/mol. The molecule has 0 aliphatic carbocycles. The van der Waals surface area contributed by atoms with Gasteiger partial charge >= 0.3 is 0 Å². The number of amides is 1. The molecular formula is C11H17NO2S2. The molecule has 0 fully saturated rings. The van der Waals surface area contributed by atoms with Gasteiger partial charge in [-0.15, -0.1) is 23.1 Å². The zero-order valence-corrected chi connectivity index (χ0v) is 11.1. The van der Waals surface area contributed by atoms with Crippen LogP contribution < -0.4 is 5.32 Å². The molecule has 1 amide bonds. The van der Waals surface area contributed by atoms with Crippen LogP contribution in [-0.2, 0) is 4.79 Å². The molecule has 0 radical (unpaired) electrons. The van der Waals surface area contributed by atoms with Gasteiger partial charge in [0, 0.05) is 6.54 Å². The summed E-state index contributed by atoms with van der Waals surface area (Å²) in [5.41, 5.74) is 0. The molecule has 90 valence electrons. The first-order valence-corrected chi connectivity index (χ1v) is 7.07. The molecule has 0 aromatic carbocycles. The summed E-state index contributed by atoms with van der Waals surface area (Å²) in [7, 11) is 0. The summed E-state index contributed by atoms with van der Waals surface area (Å²) in [6.45, 7) is 4.19. The molecule has 2 N–H and O–H groups in total. The van der Waals surface area contributed by atoms with Crippen molar-refractivity contribution in [1.82, 2.24) is 5.32 Å². The second-order valence-electron chi connectivity index (χ2n) is 3.84. The predicted molar refractivity (Wildman–Crippen MR) is 68.9 cm³/mol. The number of aliphatic hydroxyl groups is 1. The quantitative estimate of drug-likeness (QED) is 0.768. The summed E-state index contributed by atoms with van der Waals surface area (Å²) in [4.78, 5) is 11.4. The van der Waals surface area contributed by atoms with Gasteiger partial charge < -0.3 is 10.4 Å². The fraction of sp³-hybridized carbons (Fsp3) is 0.545. The number of hydrogen-bond donors (Lipinski definition) is 2. The van der Waals surface area contributed by atoms with E-state index in [-0.39, 0.29) is 11.8 Å². The van der Waals surface area contributed by atoms with E-state index in [0.717, 1.165) is 4.21 Å². The third kappa shape index (κ3) is 5.01. The molecule has 0 aliphatic heterocycles. The second kappa shape index (κ2) is 6.93. The van der Waals surface area contributed by atoms with Crippen LogP contribution in [-0.4, -0.2) is 29.4 Å². The maximum Gasteiger partial charge on any atom is 0.230 e. The maximum atomic E-state index is 11.4. The Morgan fingerprint density at radius 2 is 2.38 bits per heavy atom. The van der Waals surface area contributed by atoms with Crippen LogP contribution in [0.2, 0.25) is 0 Å². The number of rotatable bonds is 6. The predicted octanol–water partition coefficient (Wildman–Crippen LogP) is 1.97. The first-order valence-electron chi connectivity index (χ1n) is 5.20. The van der Waals surface area contributed by atoms with Crippen LogP contribution in [0.4, 0.5) is 0 Å². The van der Waals surface area contributed by atoms with Crippen molar-refractivity contribution in [1.29, 1.82) is 0 Å². The van der Waals surface area contributed by atoms with Gasteiger partial charge in [-0.2, -0.15) is 0 Å². The Labute approximate surface area is 104 Å². The molecule has 0 aliphatic rings. The SMILES string of the molecule is CC(C)C(O)CNC(=O)CSc1cccs1. The van der Waals surface area contributed by atoms with E-state index in [2.05, 4.69) is 5.32 Å². The summed E-state index contributed by atoms with van der Waals surface area (Å²) in [6, 6.07) is 3.96. The van der Waals surface area contributed by atoms with E-state index in [4.69, 9.17) is 0 Å². The highest BCUT2D eigenvalue weighted by Crippen LogP contribution is 2.22. The molecule has 3 nitrogen and oxygen atoms in total. The normalized spacial score (nSPS) is 12.8. The average Bonchev–Trinajstić information content (AvgIpc) is 2.75.